The topological polar surface area (TPSA) is 99.4 Å². The number of nitrogens with one attached hydrogen (secondary N) is 1. The van der Waals surface area contributed by atoms with Crippen molar-refractivity contribution in [3.8, 4) is 17.6 Å². The highest BCUT2D eigenvalue weighted by Crippen LogP contribution is 2.35. The highest BCUT2D eigenvalue weighted by Gasteiger charge is 2.18. The summed E-state index contributed by atoms with van der Waals surface area (Å²) in [6, 6.07) is 13.5. The molecule has 6 nitrogen and oxygen atoms in total. The molecular formula is C23H15BrClFN2O4. The number of aryl methyl sites for hydroxylation is 1. The lowest BCUT2D eigenvalue weighted by atomic mass is 10.1. The van der Waals surface area contributed by atoms with E-state index in [2.05, 4.69) is 21.2 Å². The smallest absolute Gasteiger partial charge is 0.335 e. The average Bonchev–Trinajstić information content (AvgIpc) is 2.74. The normalized spacial score (nSPS) is 10.3. The minimum absolute atomic E-state index is 0.0862. The van der Waals surface area contributed by atoms with E-state index in [1.54, 1.807) is 13.0 Å². The standard InChI is InChI=1S/C23H15BrClFN2O4/c1-12-6-15(23(30)31)3-5-19(12)28-20(29)9-14-2-4-18(24)22(21(14)26)32-17-8-13(11-27)7-16(25)10-17/h2-8,10H,9H2,1H3,(H,28,29)(H,30,31). The van der Waals surface area contributed by atoms with Gasteiger partial charge >= 0.3 is 5.97 Å². The van der Waals surface area contributed by atoms with Crippen LogP contribution in [0.25, 0.3) is 0 Å². The Kier molecular flexibility index (Phi) is 7.13. The summed E-state index contributed by atoms with van der Waals surface area (Å²) >= 11 is 9.20. The Hall–Kier alpha value is -3.41. The number of anilines is 1. The summed E-state index contributed by atoms with van der Waals surface area (Å²) in [4.78, 5) is 23.5. The molecule has 0 bridgehead atoms. The first-order valence-electron chi connectivity index (χ1n) is 9.17. The van der Waals surface area contributed by atoms with Gasteiger partial charge in [0.25, 0.3) is 0 Å². The maximum absolute atomic E-state index is 15.1. The molecule has 3 aromatic carbocycles. The fourth-order valence-electron chi connectivity index (χ4n) is 2.91. The molecule has 32 heavy (non-hydrogen) atoms. The van der Waals surface area contributed by atoms with Crippen LogP contribution in [-0.4, -0.2) is 17.0 Å². The summed E-state index contributed by atoms with van der Waals surface area (Å²) in [5.41, 5.74) is 1.43. The van der Waals surface area contributed by atoms with Crippen LogP contribution in [0.3, 0.4) is 0 Å². The largest absolute Gasteiger partial charge is 0.478 e. The van der Waals surface area contributed by atoms with Gasteiger partial charge in [-0.3, -0.25) is 4.79 Å². The predicted octanol–water partition coefficient (Wildman–Crippen LogP) is 6.09. The van der Waals surface area contributed by atoms with Crippen LogP contribution >= 0.6 is 27.5 Å². The van der Waals surface area contributed by atoms with Gasteiger partial charge in [-0.2, -0.15) is 5.26 Å². The number of nitrogens with zero attached hydrogens (tertiary/aromatic N) is 1. The maximum atomic E-state index is 15.1. The molecule has 0 aliphatic rings. The predicted molar refractivity (Wildman–Crippen MR) is 121 cm³/mol. The van der Waals surface area contributed by atoms with E-state index >= 15 is 4.39 Å². The molecule has 0 unspecified atom stereocenters. The van der Waals surface area contributed by atoms with Crippen molar-refractivity contribution in [3.63, 3.8) is 0 Å². The van der Waals surface area contributed by atoms with Gasteiger partial charge in [0.05, 0.1) is 28.1 Å². The van der Waals surface area contributed by atoms with Gasteiger partial charge in [0, 0.05) is 16.3 Å². The van der Waals surface area contributed by atoms with E-state index in [-0.39, 0.29) is 39.6 Å². The molecule has 0 aliphatic carbocycles. The Balaban J connectivity index is 1.81. The van der Waals surface area contributed by atoms with Crippen LogP contribution in [0.2, 0.25) is 5.02 Å². The lowest BCUT2D eigenvalue weighted by molar-refractivity contribution is -0.115. The number of halogens is 3. The summed E-state index contributed by atoms with van der Waals surface area (Å²) in [5, 5.41) is 21.0. The number of ether oxygens (including phenoxy) is 1. The van der Waals surface area contributed by atoms with E-state index in [4.69, 9.17) is 26.7 Å². The lowest BCUT2D eigenvalue weighted by Crippen LogP contribution is -2.16. The number of aromatic carboxylic acids is 1. The number of carbonyl (C=O) groups excluding carboxylic acids is 1. The molecule has 0 heterocycles. The molecule has 0 aliphatic heterocycles. The maximum Gasteiger partial charge on any atom is 0.335 e. The number of amides is 1. The molecular weight excluding hydrogens is 503 g/mol. The zero-order chi connectivity index (χ0) is 23.4. The highest BCUT2D eigenvalue weighted by atomic mass is 79.9. The fourth-order valence-corrected chi connectivity index (χ4v) is 3.52. The third-order valence-electron chi connectivity index (χ3n) is 4.45. The minimum Gasteiger partial charge on any atom is -0.478 e. The number of hydrogen-bond acceptors (Lipinski definition) is 4. The molecule has 1 amide bonds. The van der Waals surface area contributed by atoms with Gasteiger partial charge in [0.15, 0.2) is 11.6 Å². The van der Waals surface area contributed by atoms with Gasteiger partial charge in [-0.15, -0.1) is 0 Å². The molecule has 3 rings (SSSR count). The summed E-state index contributed by atoms with van der Waals surface area (Å²) in [7, 11) is 0. The molecule has 2 N–H and O–H groups in total. The third-order valence-corrected chi connectivity index (χ3v) is 5.29. The molecule has 9 heteroatoms. The second kappa shape index (κ2) is 9.81. The SMILES string of the molecule is Cc1cc(C(=O)O)ccc1NC(=O)Cc1ccc(Br)c(Oc2cc(Cl)cc(C#N)c2)c1F. The first-order valence-corrected chi connectivity index (χ1v) is 10.3. The van der Waals surface area contributed by atoms with Crippen LogP contribution in [0.4, 0.5) is 10.1 Å². The van der Waals surface area contributed by atoms with E-state index in [9.17, 15) is 9.59 Å². The minimum atomic E-state index is -1.07. The summed E-state index contributed by atoms with van der Waals surface area (Å²) in [6.45, 7) is 1.66. The Morgan fingerprint density at radius 3 is 2.62 bits per heavy atom. The monoisotopic (exact) mass is 516 g/mol. The molecule has 0 fully saturated rings. The molecule has 3 aromatic rings. The van der Waals surface area contributed by atoms with Crippen LogP contribution in [0.1, 0.15) is 27.0 Å². The highest BCUT2D eigenvalue weighted by molar-refractivity contribution is 9.10. The molecule has 0 atom stereocenters. The number of carboxylic acid groups (broad SMARTS) is 1. The zero-order valence-electron chi connectivity index (χ0n) is 16.6. The lowest BCUT2D eigenvalue weighted by Gasteiger charge is -2.13. The van der Waals surface area contributed by atoms with Gasteiger partial charge in [-0.25, -0.2) is 9.18 Å². The summed E-state index contributed by atoms with van der Waals surface area (Å²) in [6.07, 6.45) is -0.283. The Bertz CT molecular complexity index is 1270. The van der Waals surface area contributed by atoms with Crippen molar-refractivity contribution >= 4 is 45.1 Å². The van der Waals surface area contributed by atoms with Gasteiger partial charge in [-0.05, 0) is 70.9 Å². The number of benzene rings is 3. The molecule has 0 aromatic heterocycles. The van der Waals surface area contributed by atoms with Crippen molar-refractivity contribution in [2.45, 2.75) is 13.3 Å². The second-order valence-corrected chi connectivity index (χ2v) is 8.09. The summed E-state index contributed by atoms with van der Waals surface area (Å²) in [5.74, 6) is -2.28. The molecule has 0 saturated heterocycles. The van der Waals surface area contributed by atoms with E-state index < -0.39 is 17.7 Å². The summed E-state index contributed by atoms with van der Waals surface area (Å²) < 4.78 is 21.1. The third kappa shape index (κ3) is 5.44. The molecule has 0 saturated carbocycles. The van der Waals surface area contributed by atoms with Gasteiger partial charge < -0.3 is 15.2 Å². The number of rotatable bonds is 6. The van der Waals surface area contributed by atoms with Crippen LogP contribution in [-0.2, 0) is 11.2 Å². The Morgan fingerprint density at radius 1 is 1.22 bits per heavy atom. The number of hydrogen-bond donors (Lipinski definition) is 2. The Morgan fingerprint density at radius 2 is 1.97 bits per heavy atom. The van der Waals surface area contributed by atoms with Gasteiger partial charge in [0.2, 0.25) is 5.91 Å². The van der Waals surface area contributed by atoms with Crippen LogP contribution in [0.5, 0.6) is 11.5 Å². The Labute approximate surface area is 196 Å². The van der Waals surface area contributed by atoms with E-state index in [0.29, 0.717) is 15.7 Å². The van der Waals surface area contributed by atoms with Crippen LogP contribution in [0.15, 0.2) is 53.0 Å². The van der Waals surface area contributed by atoms with Gasteiger partial charge in [-0.1, -0.05) is 17.7 Å². The van der Waals surface area contributed by atoms with E-state index in [0.717, 1.165) is 0 Å². The fraction of sp³-hybridized carbons (Fsp3) is 0.0870. The van der Waals surface area contributed by atoms with Gasteiger partial charge in [0.1, 0.15) is 5.75 Å². The second-order valence-electron chi connectivity index (χ2n) is 6.80. The number of carbonyl (C=O) groups is 2. The van der Waals surface area contributed by atoms with E-state index in [1.165, 1.54) is 42.5 Å². The quantitative estimate of drug-likeness (QED) is 0.412. The average molecular weight is 518 g/mol. The first-order chi connectivity index (χ1) is 15.2. The number of nitriles is 1. The van der Waals surface area contributed by atoms with Crippen molar-refractivity contribution in [1.82, 2.24) is 0 Å². The molecule has 162 valence electrons. The zero-order valence-corrected chi connectivity index (χ0v) is 18.9. The van der Waals surface area contributed by atoms with Crippen molar-refractivity contribution in [2.75, 3.05) is 5.32 Å². The molecule has 0 spiro atoms. The first kappa shape index (κ1) is 23.3. The van der Waals surface area contributed by atoms with Crippen molar-refractivity contribution in [2.24, 2.45) is 0 Å². The number of carboxylic acids is 1. The van der Waals surface area contributed by atoms with Crippen LogP contribution in [0, 0.1) is 24.1 Å². The van der Waals surface area contributed by atoms with Crippen LogP contribution < -0.4 is 10.1 Å². The van der Waals surface area contributed by atoms with Crippen molar-refractivity contribution in [3.05, 3.63) is 86.1 Å². The van der Waals surface area contributed by atoms with E-state index in [1.807, 2.05) is 6.07 Å². The van der Waals surface area contributed by atoms with Crippen molar-refractivity contribution < 1.29 is 23.8 Å². The molecule has 0 radical (unpaired) electrons. The van der Waals surface area contributed by atoms with Crippen molar-refractivity contribution in [1.29, 1.82) is 5.26 Å².